The van der Waals surface area contributed by atoms with Crippen LogP contribution in [0.1, 0.15) is 42.8 Å². The van der Waals surface area contributed by atoms with E-state index in [2.05, 4.69) is 0 Å². The standard InChI is InChI=1S/C20H15F3N2O6S/c1-9(26)25-32(28,29)15-4-3-14(31-13-6-11(8-24)5-12(21)7-13)16-17(15)20(30-10(2)27)19(23)18(16)22/h3-7,18-20H,1-2H3,(H,25,26)/t18-,19+,20-/m0/s1. The zero-order chi connectivity index (χ0) is 23.8. The van der Waals surface area contributed by atoms with E-state index in [-0.39, 0.29) is 17.1 Å². The summed E-state index contributed by atoms with van der Waals surface area (Å²) >= 11 is 0. The molecule has 0 radical (unpaired) electrons. The minimum absolute atomic E-state index is 0.112. The molecule has 0 unspecified atom stereocenters. The van der Waals surface area contributed by atoms with Gasteiger partial charge in [-0.3, -0.25) is 9.59 Å². The quantitative estimate of drug-likeness (QED) is 0.668. The van der Waals surface area contributed by atoms with Gasteiger partial charge in [-0.2, -0.15) is 5.26 Å². The summed E-state index contributed by atoms with van der Waals surface area (Å²) in [7, 11) is -4.59. The highest BCUT2D eigenvalue weighted by Crippen LogP contribution is 2.52. The number of benzene rings is 2. The number of rotatable bonds is 5. The number of hydrogen-bond donors (Lipinski definition) is 1. The van der Waals surface area contributed by atoms with Gasteiger partial charge in [-0.25, -0.2) is 26.3 Å². The van der Waals surface area contributed by atoms with Gasteiger partial charge in [0.1, 0.15) is 17.3 Å². The Kier molecular flexibility index (Phi) is 6.13. The number of nitriles is 1. The topological polar surface area (TPSA) is 123 Å². The number of amides is 1. The van der Waals surface area contributed by atoms with Crippen molar-refractivity contribution in [3.05, 3.63) is 52.8 Å². The molecule has 2 aromatic carbocycles. The van der Waals surface area contributed by atoms with E-state index in [0.29, 0.717) is 0 Å². The molecule has 32 heavy (non-hydrogen) atoms. The first-order valence-corrected chi connectivity index (χ1v) is 10.5. The largest absolute Gasteiger partial charge is 0.457 e. The average Bonchev–Trinajstić information content (AvgIpc) is 2.92. The number of alkyl halides is 2. The molecule has 12 heteroatoms. The Morgan fingerprint density at radius 2 is 1.81 bits per heavy atom. The Bertz CT molecular complexity index is 1260. The van der Waals surface area contributed by atoms with E-state index < -0.39 is 62.2 Å². The van der Waals surface area contributed by atoms with Gasteiger partial charge in [0.25, 0.3) is 10.0 Å². The second-order valence-electron chi connectivity index (χ2n) is 6.82. The Labute approximate surface area is 180 Å². The number of halogens is 3. The Morgan fingerprint density at radius 1 is 1.12 bits per heavy atom. The summed E-state index contributed by atoms with van der Waals surface area (Å²) in [5.41, 5.74) is -1.25. The van der Waals surface area contributed by atoms with Crippen molar-refractivity contribution in [3.63, 3.8) is 0 Å². The molecule has 1 aliphatic carbocycles. The molecule has 0 saturated heterocycles. The van der Waals surface area contributed by atoms with Crippen LogP contribution >= 0.6 is 0 Å². The predicted octanol–water partition coefficient (Wildman–Crippen LogP) is 3.28. The molecule has 0 aromatic heterocycles. The van der Waals surface area contributed by atoms with Crippen molar-refractivity contribution >= 4 is 21.9 Å². The minimum atomic E-state index is -4.59. The molecule has 168 valence electrons. The number of carbonyl (C=O) groups is 2. The van der Waals surface area contributed by atoms with E-state index in [9.17, 15) is 31.2 Å². The summed E-state index contributed by atoms with van der Waals surface area (Å²) in [6.45, 7) is 1.85. The third kappa shape index (κ3) is 4.38. The highest BCUT2D eigenvalue weighted by atomic mass is 32.2. The Morgan fingerprint density at radius 3 is 2.41 bits per heavy atom. The molecule has 0 saturated carbocycles. The third-order valence-electron chi connectivity index (χ3n) is 4.43. The first-order chi connectivity index (χ1) is 14.9. The normalized spacial score (nSPS) is 19.6. The van der Waals surface area contributed by atoms with Gasteiger partial charge in [-0.05, 0) is 24.3 Å². The first kappa shape index (κ1) is 23.1. The van der Waals surface area contributed by atoms with Gasteiger partial charge in [-0.15, -0.1) is 0 Å². The fourth-order valence-corrected chi connectivity index (χ4v) is 4.58. The van der Waals surface area contributed by atoms with Gasteiger partial charge in [0.2, 0.25) is 5.91 Å². The summed E-state index contributed by atoms with van der Waals surface area (Å²) in [4.78, 5) is 22.1. The average molecular weight is 468 g/mol. The van der Waals surface area contributed by atoms with E-state index in [4.69, 9.17) is 14.7 Å². The van der Waals surface area contributed by atoms with E-state index in [1.54, 1.807) is 10.8 Å². The maximum atomic E-state index is 15.0. The van der Waals surface area contributed by atoms with Crippen molar-refractivity contribution in [2.24, 2.45) is 0 Å². The van der Waals surface area contributed by atoms with Crippen molar-refractivity contribution in [2.45, 2.75) is 37.2 Å². The second kappa shape index (κ2) is 8.51. The molecule has 2 aromatic rings. The lowest BCUT2D eigenvalue weighted by Gasteiger charge is -2.18. The second-order valence-corrected chi connectivity index (χ2v) is 8.47. The molecule has 1 N–H and O–H groups in total. The zero-order valence-electron chi connectivity index (χ0n) is 16.6. The summed E-state index contributed by atoms with van der Waals surface area (Å²) in [6.07, 6.45) is -6.89. The smallest absolute Gasteiger partial charge is 0.303 e. The summed E-state index contributed by atoms with van der Waals surface area (Å²) in [5, 5.41) is 8.97. The van der Waals surface area contributed by atoms with E-state index in [0.717, 1.165) is 44.2 Å². The van der Waals surface area contributed by atoms with Crippen molar-refractivity contribution in [1.29, 1.82) is 5.26 Å². The molecular weight excluding hydrogens is 453 g/mol. The zero-order valence-corrected chi connectivity index (χ0v) is 17.4. The molecule has 0 fully saturated rings. The highest BCUT2D eigenvalue weighted by Gasteiger charge is 2.49. The molecule has 0 bridgehead atoms. The van der Waals surface area contributed by atoms with Crippen LogP contribution in [0.2, 0.25) is 0 Å². The van der Waals surface area contributed by atoms with Gasteiger partial charge in [0.05, 0.1) is 16.5 Å². The van der Waals surface area contributed by atoms with E-state index in [1.807, 2.05) is 0 Å². The number of carbonyl (C=O) groups excluding carboxylic acids is 2. The number of nitrogens with one attached hydrogen (secondary N) is 1. The number of ether oxygens (including phenoxy) is 2. The lowest BCUT2D eigenvalue weighted by molar-refractivity contribution is -0.150. The third-order valence-corrected chi connectivity index (χ3v) is 5.92. The molecule has 0 heterocycles. The van der Waals surface area contributed by atoms with Crippen LogP contribution in [0.5, 0.6) is 11.5 Å². The van der Waals surface area contributed by atoms with Crippen molar-refractivity contribution < 1.29 is 40.7 Å². The van der Waals surface area contributed by atoms with Crippen LogP contribution in [0.4, 0.5) is 13.2 Å². The van der Waals surface area contributed by atoms with Crippen LogP contribution in [-0.2, 0) is 24.3 Å². The number of sulfonamides is 1. The lowest BCUT2D eigenvalue weighted by atomic mass is 10.1. The predicted molar refractivity (Wildman–Crippen MR) is 102 cm³/mol. The number of fused-ring (bicyclic) bond motifs is 1. The van der Waals surface area contributed by atoms with Crippen LogP contribution in [0, 0.1) is 17.1 Å². The molecule has 1 amide bonds. The Balaban J connectivity index is 2.22. The first-order valence-electron chi connectivity index (χ1n) is 8.98. The van der Waals surface area contributed by atoms with Gasteiger partial charge >= 0.3 is 5.97 Å². The maximum absolute atomic E-state index is 15.0. The van der Waals surface area contributed by atoms with Gasteiger partial charge < -0.3 is 9.47 Å². The monoisotopic (exact) mass is 468 g/mol. The molecule has 3 atom stereocenters. The number of esters is 1. The number of nitrogens with zero attached hydrogens (tertiary/aromatic N) is 1. The summed E-state index contributed by atoms with van der Waals surface area (Å²) in [6, 6.07) is 6.54. The fourth-order valence-electron chi connectivity index (χ4n) is 3.33. The van der Waals surface area contributed by atoms with Crippen molar-refractivity contribution in [3.8, 4) is 17.6 Å². The van der Waals surface area contributed by atoms with Crippen LogP contribution in [-0.4, -0.2) is 26.5 Å². The van der Waals surface area contributed by atoms with Crippen LogP contribution in [0.15, 0.2) is 35.2 Å². The molecule has 8 nitrogen and oxygen atoms in total. The van der Waals surface area contributed by atoms with Gasteiger partial charge in [0.15, 0.2) is 18.4 Å². The van der Waals surface area contributed by atoms with Crippen LogP contribution in [0.25, 0.3) is 0 Å². The molecule has 0 spiro atoms. The van der Waals surface area contributed by atoms with Crippen molar-refractivity contribution in [2.75, 3.05) is 0 Å². The summed E-state index contributed by atoms with van der Waals surface area (Å²) < 4.78 is 80.6. The van der Waals surface area contributed by atoms with Gasteiger partial charge in [0, 0.05) is 31.0 Å². The molecule has 1 aliphatic rings. The number of hydrogen-bond acceptors (Lipinski definition) is 7. The molecule has 3 rings (SSSR count). The maximum Gasteiger partial charge on any atom is 0.303 e. The minimum Gasteiger partial charge on any atom is -0.457 e. The van der Waals surface area contributed by atoms with Crippen molar-refractivity contribution in [1.82, 2.24) is 4.72 Å². The van der Waals surface area contributed by atoms with Gasteiger partial charge in [-0.1, -0.05) is 0 Å². The molecular formula is C20H15F3N2O6S. The Hall–Kier alpha value is -3.59. The summed E-state index contributed by atoms with van der Waals surface area (Å²) in [5.74, 6) is -3.42. The highest BCUT2D eigenvalue weighted by molar-refractivity contribution is 7.90. The fraction of sp³-hybridized carbons (Fsp3) is 0.250. The van der Waals surface area contributed by atoms with Crippen LogP contribution < -0.4 is 9.46 Å². The molecule has 0 aliphatic heterocycles. The SMILES string of the molecule is CC(=O)NS(=O)(=O)c1ccc(Oc2cc(F)cc(C#N)c2)c2c1[C@H](OC(C)=O)[C@H](F)[C@H]2F. The van der Waals surface area contributed by atoms with E-state index in [1.165, 1.54) is 0 Å². The lowest BCUT2D eigenvalue weighted by Crippen LogP contribution is -2.29. The van der Waals surface area contributed by atoms with Crippen LogP contribution in [0.3, 0.4) is 0 Å². The van der Waals surface area contributed by atoms with E-state index >= 15 is 0 Å².